The molecule has 0 aliphatic rings. The summed E-state index contributed by atoms with van der Waals surface area (Å²) in [6, 6.07) is 0. The normalized spacial score (nSPS) is 11.9. The van der Waals surface area contributed by atoms with E-state index in [0.29, 0.717) is 30.6 Å². The zero-order valence-electron chi connectivity index (χ0n) is 30.0. The molecular weight excluding hydrogens is 628 g/mol. The van der Waals surface area contributed by atoms with Crippen molar-refractivity contribution >= 4 is 34.4 Å². The maximum absolute atomic E-state index is 12.0. The van der Waals surface area contributed by atoms with Gasteiger partial charge in [0.25, 0.3) is 0 Å². The first-order valence-electron chi connectivity index (χ1n) is 19.0. The van der Waals surface area contributed by atoms with Crippen molar-refractivity contribution < 1.29 is 33.6 Å². The third-order valence-electron chi connectivity index (χ3n) is 8.78. The zero-order chi connectivity index (χ0) is 35.4. The summed E-state index contributed by atoms with van der Waals surface area (Å²) in [7, 11) is 0. The minimum Gasteiger partial charge on any atom is -0.463 e. The van der Waals surface area contributed by atoms with Gasteiger partial charge in [0.1, 0.15) is 31.3 Å². The van der Waals surface area contributed by atoms with Crippen molar-refractivity contribution in [1.29, 1.82) is 0 Å². The van der Waals surface area contributed by atoms with Crippen LogP contribution in [0.5, 0.6) is 0 Å². The number of anilines is 1. The van der Waals surface area contributed by atoms with E-state index < -0.39 is 11.0 Å². The highest BCUT2D eigenvalue weighted by atomic mass is 16.6. The molecule has 0 amide bonds. The van der Waals surface area contributed by atoms with Crippen molar-refractivity contribution in [3.8, 4) is 0 Å². The number of rotatable bonds is 32. The topological polar surface area (TPSA) is 167 Å². The number of nitrogens with zero attached hydrogens (tertiary/aromatic N) is 3. The van der Waals surface area contributed by atoms with Gasteiger partial charge in [-0.05, 0) is 19.3 Å². The highest BCUT2D eigenvalue weighted by Crippen LogP contribution is 2.29. The molecule has 2 aromatic heterocycles. The second-order valence-corrected chi connectivity index (χ2v) is 13.2. The summed E-state index contributed by atoms with van der Waals surface area (Å²) >= 11 is 0. The number of pyridine rings is 1. The Labute approximate surface area is 292 Å². The Hall–Kier alpha value is -3.28. The Kier molecular flexibility index (Phi) is 23.5. The summed E-state index contributed by atoms with van der Waals surface area (Å²) < 4.78 is 15.3. The highest BCUT2D eigenvalue weighted by Gasteiger charge is 2.19. The summed E-state index contributed by atoms with van der Waals surface area (Å²) in [6.07, 6.45) is 27.9. The van der Waals surface area contributed by atoms with E-state index in [-0.39, 0.29) is 36.4 Å². The van der Waals surface area contributed by atoms with E-state index in [0.717, 1.165) is 77.0 Å². The third kappa shape index (κ3) is 20.1. The van der Waals surface area contributed by atoms with Crippen molar-refractivity contribution in [2.75, 3.05) is 25.1 Å². The number of nitro groups is 1. The van der Waals surface area contributed by atoms with Gasteiger partial charge in [0, 0.05) is 19.4 Å². The number of aliphatic hydroxyl groups is 1. The van der Waals surface area contributed by atoms with Gasteiger partial charge in [-0.2, -0.15) is 0 Å². The van der Waals surface area contributed by atoms with E-state index in [4.69, 9.17) is 14.0 Å². The van der Waals surface area contributed by atoms with Gasteiger partial charge < -0.3 is 24.4 Å². The van der Waals surface area contributed by atoms with E-state index >= 15 is 0 Å². The van der Waals surface area contributed by atoms with E-state index in [2.05, 4.69) is 22.4 Å². The van der Waals surface area contributed by atoms with Gasteiger partial charge >= 0.3 is 17.6 Å². The molecule has 0 aliphatic heterocycles. The molecule has 0 aliphatic carbocycles. The second kappa shape index (κ2) is 27.5. The smallest absolute Gasteiger partial charge is 0.333 e. The summed E-state index contributed by atoms with van der Waals surface area (Å²) in [5.74, 6) is -0.102. The number of unbranched alkanes of at least 4 members (excludes halogenated alkanes) is 20. The van der Waals surface area contributed by atoms with Crippen LogP contribution in [0.1, 0.15) is 161 Å². The predicted octanol–water partition coefficient (Wildman–Crippen LogP) is 9.37. The van der Waals surface area contributed by atoms with Crippen LogP contribution in [0, 0.1) is 10.1 Å². The molecule has 0 fully saturated rings. The van der Waals surface area contributed by atoms with Crippen molar-refractivity contribution in [1.82, 2.24) is 10.1 Å². The number of ether oxygens (including phenoxy) is 2. The number of fused-ring (bicyclic) bond motifs is 1. The fourth-order valence-corrected chi connectivity index (χ4v) is 5.81. The van der Waals surface area contributed by atoms with Gasteiger partial charge in [-0.3, -0.25) is 19.7 Å². The predicted molar refractivity (Wildman–Crippen MR) is 191 cm³/mol. The molecule has 0 spiro atoms. The van der Waals surface area contributed by atoms with Crippen molar-refractivity contribution in [2.45, 2.75) is 167 Å². The molecule has 12 heteroatoms. The van der Waals surface area contributed by atoms with Gasteiger partial charge in [-0.25, -0.2) is 4.98 Å². The summed E-state index contributed by atoms with van der Waals surface area (Å²) in [6.45, 7) is 2.66. The Bertz CT molecular complexity index is 1170. The van der Waals surface area contributed by atoms with Crippen LogP contribution in [0.2, 0.25) is 0 Å². The minimum atomic E-state index is -1.00. The lowest BCUT2D eigenvalue weighted by Crippen LogP contribution is -2.25. The first kappa shape index (κ1) is 41.9. The van der Waals surface area contributed by atoms with Gasteiger partial charge in [0.05, 0.1) is 16.5 Å². The van der Waals surface area contributed by atoms with Crippen LogP contribution in [0.3, 0.4) is 0 Å². The lowest BCUT2D eigenvalue weighted by molar-refractivity contribution is -0.384. The SMILES string of the molecule is CCCCCCCCCCCCCCCC(=O)OCC(O)COC(=O)CCCCCCCCCCCNc1ncc([N+](=O)[O-])c2oncc12. The van der Waals surface area contributed by atoms with Crippen LogP contribution in [0.25, 0.3) is 11.0 Å². The summed E-state index contributed by atoms with van der Waals surface area (Å²) in [5, 5.41) is 28.5. The first-order valence-corrected chi connectivity index (χ1v) is 19.0. The quantitative estimate of drug-likeness (QED) is 0.0325. The highest BCUT2D eigenvalue weighted by molar-refractivity contribution is 5.92. The minimum absolute atomic E-state index is 0.128. The number of hydrogen-bond acceptors (Lipinski definition) is 11. The second-order valence-electron chi connectivity index (χ2n) is 13.2. The fourth-order valence-electron chi connectivity index (χ4n) is 5.81. The van der Waals surface area contributed by atoms with Gasteiger partial charge in [-0.15, -0.1) is 0 Å². The lowest BCUT2D eigenvalue weighted by Gasteiger charge is -2.12. The number of hydrogen-bond donors (Lipinski definition) is 2. The molecule has 278 valence electrons. The molecular formula is C37H62N4O8. The summed E-state index contributed by atoms with van der Waals surface area (Å²) in [5.41, 5.74) is -0.0676. The van der Waals surface area contributed by atoms with Gasteiger partial charge in [-0.1, -0.05) is 134 Å². The molecule has 0 radical (unpaired) electrons. The van der Waals surface area contributed by atoms with Crippen LogP contribution in [-0.4, -0.2) is 58.0 Å². The van der Waals surface area contributed by atoms with E-state index in [1.165, 1.54) is 76.6 Å². The monoisotopic (exact) mass is 690 g/mol. The van der Waals surface area contributed by atoms with E-state index in [1.807, 2.05) is 0 Å². The van der Waals surface area contributed by atoms with Crippen molar-refractivity contribution in [3.63, 3.8) is 0 Å². The lowest BCUT2D eigenvalue weighted by atomic mass is 10.0. The number of carbonyl (C=O) groups is 2. The first-order chi connectivity index (χ1) is 23.9. The molecule has 0 aromatic carbocycles. The molecule has 1 atom stereocenters. The van der Waals surface area contributed by atoms with E-state index in [9.17, 15) is 24.8 Å². The number of esters is 2. The Morgan fingerprint density at radius 2 is 1.20 bits per heavy atom. The average Bonchev–Trinajstić information content (AvgIpc) is 3.59. The molecule has 2 rings (SSSR count). The van der Waals surface area contributed by atoms with Crippen LogP contribution in [-0.2, 0) is 19.1 Å². The van der Waals surface area contributed by atoms with Gasteiger partial charge in [0.2, 0.25) is 5.58 Å². The largest absolute Gasteiger partial charge is 0.463 e. The molecule has 2 heterocycles. The van der Waals surface area contributed by atoms with Crippen LogP contribution in [0.4, 0.5) is 11.5 Å². The molecule has 1 unspecified atom stereocenters. The maximum atomic E-state index is 12.0. The Morgan fingerprint density at radius 3 is 1.67 bits per heavy atom. The maximum Gasteiger partial charge on any atom is 0.333 e. The molecule has 12 nitrogen and oxygen atoms in total. The molecule has 0 saturated carbocycles. The number of nitrogens with one attached hydrogen (secondary N) is 1. The van der Waals surface area contributed by atoms with Crippen molar-refractivity contribution in [3.05, 3.63) is 22.5 Å². The van der Waals surface area contributed by atoms with E-state index in [1.54, 1.807) is 0 Å². The molecule has 0 saturated heterocycles. The Balaban J connectivity index is 1.32. The molecule has 0 bridgehead atoms. The fraction of sp³-hybridized carbons (Fsp3) is 0.784. The number of carbonyl (C=O) groups excluding carboxylic acids is 2. The zero-order valence-corrected chi connectivity index (χ0v) is 30.0. The standard InChI is InChI=1S/C37H62N4O8/c1-2-3-4-5-6-7-8-9-10-12-15-18-21-24-34(43)47-29-31(42)30-48-35(44)25-22-19-16-13-11-14-17-20-23-26-38-37-32-27-40-49-36(32)33(28-39-37)41(45)46/h27-28,31,42H,2-26,29-30H2,1H3,(H,38,39). The van der Waals surface area contributed by atoms with Gasteiger partial charge in [0.15, 0.2) is 0 Å². The number of aliphatic hydroxyl groups excluding tert-OH is 1. The molecule has 49 heavy (non-hydrogen) atoms. The number of aromatic nitrogens is 2. The van der Waals surface area contributed by atoms with Crippen LogP contribution < -0.4 is 5.32 Å². The molecule has 2 N–H and O–H groups in total. The van der Waals surface area contributed by atoms with Crippen LogP contribution >= 0.6 is 0 Å². The average molecular weight is 691 g/mol. The third-order valence-corrected chi connectivity index (χ3v) is 8.78. The summed E-state index contributed by atoms with van der Waals surface area (Å²) in [4.78, 5) is 38.6. The Morgan fingerprint density at radius 1 is 0.755 bits per heavy atom. The molecule has 2 aromatic rings. The van der Waals surface area contributed by atoms with Crippen molar-refractivity contribution in [2.24, 2.45) is 0 Å². The van der Waals surface area contributed by atoms with Crippen LogP contribution in [0.15, 0.2) is 16.9 Å².